The van der Waals surface area contributed by atoms with Crippen LogP contribution in [0.2, 0.25) is 5.15 Å². The van der Waals surface area contributed by atoms with E-state index >= 15 is 0 Å². The summed E-state index contributed by atoms with van der Waals surface area (Å²) < 4.78 is 1.91. The molecule has 3 aromatic carbocycles. The quantitative estimate of drug-likeness (QED) is 0.437. The largest absolute Gasteiger partial charge is 0.300 e. The molecule has 3 heteroatoms. The van der Waals surface area contributed by atoms with Gasteiger partial charge in [-0.2, -0.15) is 0 Å². The minimum absolute atomic E-state index is 0.443. The molecule has 0 saturated heterocycles. The Labute approximate surface area is 144 Å². The molecule has 0 aliphatic rings. The van der Waals surface area contributed by atoms with Crippen LogP contribution in [0.15, 0.2) is 78.9 Å². The minimum Gasteiger partial charge on any atom is -0.300 e. The van der Waals surface area contributed by atoms with Crippen molar-refractivity contribution in [3.8, 4) is 16.8 Å². The lowest BCUT2D eigenvalue weighted by Crippen LogP contribution is -1.94. The number of hydrogen-bond donors (Lipinski definition) is 0. The van der Waals surface area contributed by atoms with E-state index < -0.39 is 0 Å². The zero-order valence-corrected chi connectivity index (χ0v) is 13.6. The second kappa shape index (κ2) is 5.99. The molecule has 0 fully saturated rings. The molecule has 116 valence electrons. The van der Waals surface area contributed by atoms with Gasteiger partial charge in [0.1, 0.15) is 5.15 Å². The molecule has 1 heterocycles. The topological polar surface area (TPSA) is 22.0 Å². The van der Waals surface area contributed by atoms with Crippen LogP contribution in [-0.4, -0.2) is 10.9 Å². The van der Waals surface area contributed by atoms with Gasteiger partial charge in [-0.3, -0.25) is 9.36 Å². The van der Waals surface area contributed by atoms with E-state index in [0.717, 1.165) is 28.4 Å². The van der Waals surface area contributed by atoms with Crippen molar-refractivity contribution >= 4 is 28.8 Å². The molecular formula is C21H14ClNO. The number of carbonyl (C=O) groups excluding carboxylic acids is 1. The van der Waals surface area contributed by atoms with Crippen molar-refractivity contribution < 1.29 is 4.79 Å². The number of fused-ring (bicyclic) bond motifs is 1. The van der Waals surface area contributed by atoms with Gasteiger partial charge < -0.3 is 0 Å². The monoisotopic (exact) mass is 331 g/mol. The summed E-state index contributed by atoms with van der Waals surface area (Å²) >= 11 is 6.48. The fraction of sp³-hybridized carbons (Fsp3) is 0. The summed E-state index contributed by atoms with van der Waals surface area (Å²) in [6.07, 6.45) is 0.819. The molecule has 0 bridgehead atoms. The van der Waals surface area contributed by atoms with Crippen LogP contribution >= 0.6 is 11.6 Å². The summed E-state index contributed by atoms with van der Waals surface area (Å²) in [5.74, 6) is 0. The fourth-order valence-electron chi connectivity index (χ4n) is 3.03. The highest BCUT2D eigenvalue weighted by atomic mass is 35.5. The first kappa shape index (κ1) is 14.7. The molecule has 4 rings (SSSR count). The average molecular weight is 332 g/mol. The predicted molar refractivity (Wildman–Crippen MR) is 99.1 cm³/mol. The molecule has 0 radical (unpaired) electrons. The van der Waals surface area contributed by atoms with Crippen LogP contribution in [0.1, 0.15) is 10.4 Å². The van der Waals surface area contributed by atoms with Gasteiger partial charge in [-0.25, -0.2) is 0 Å². The lowest BCUT2D eigenvalue weighted by atomic mass is 10.1. The third-order valence-electron chi connectivity index (χ3n) is 4.20. The van der Waals surface area contributed by atoms with E-state index in [0.29, 0.717) is 10.7 Å². The van der Waals surface area contributed by atoms with Gasteiger partial charge in [0, 0.05) is 11.1 Å². The molecule has 4 aromatic rings. The zero-order valence-electron chi connectivity index (χ0n) is 12.8. The first-order valence-corrected chi connectivity index (χ1v) is 8.07. The molecular weight excluding hydrogens is 318 g/mol. The van der Waals surface area contributed by atoms with Crippen molar-refractivity contribution in [2.24, 2.45) is 0 Å². The number of hydrogen-bond acceptors (Lipinski definition) is 1. The second-order valence-electron chi connectivity index (χ2n) is 5.59. The third-order valence-corrected chi connectivity index (χ3v) is 4.58. The first-order valence-electron chi connectivity index (χ1n) is 7.69. The van der Waals surface area contributed by atoms with Crippen molar-refractivity contribution in [3.63, 3.8) is 0 Å². The first-order chi connectivity index (χ1) is 11.8. The lowest BCUT2D eigenvalue weighted by molar-refractivity contribution is 0.112. The molecule has 0 amide bonds. The summed E-state index contributed by atoms with van der Waals surface area (Å²) in [6, 6.07) is 26.1. The van der Waals surface area contributed by atoms with Gasteiger partial charge >= 0.3 is 0 Å². The Hall–Kier alpha value is -2.84. The van der Waals surface area contributed by atoms with E-state index in [1.807, 2.05) is 59.2 Å². The maximum Gasteiger partial charge on any atom is 0.153 e. The maximum absolute atomic E-state index is 11.4. The Balaban J connectivity index is 1.87. The van der Waals surface area contributed by atoms with Gasteiger partial charge in [0.2, 0.25) is 0 Å². The Morgan fingerprint density at radius 1 is 0.750 bits per heavy atom. The van der Waals surface area contributed by atoms with Crippen LogP contribution in [0.4, 0.5) is 0 Å². The second-order valence-corrected chi connectivity index (χ2v) is 5.95. The minimum atomic E-state index is 0.443. The van der Waals surface area contributed by atoms with Gasteiger partial charge in [-0.15, -0.1) is 0 Å². The Morgan fingerprint density at radius 2 is 1.38 bits per heavy atom. The van der Waals surface area contributed by atoms with E-state index in [1.165, 1.54) is 5.56 Å². The lowest BCUT2D eigenvalue weighted by Gasteiger charge is -2.09. The van der Waals surface area contributed by atoms with E-state index in [1.54, 1.807) is 0 Å². The zero-order chi connectivity index (χ0) is 16.5. The van der Waals surface area contributed by atoms with Crippen molar-refractivity contribution in [2.75, 3.05) is 0 Å². The van der Waals surface area contributed by atoms with Crippen molar-refractivity contribution in [3.05, 3.63) is 89.6 Å². The van der Waals surface area contributed by atoms with E-state index in [-0.39, 0.29) is 0 Å². The number of halogens is 1. The molecule has 0 aliphatic heterocycles. The number of benzene rings is 3. The molecule has 0 atom stereocenters. The van der Waals surface area contributed by atoms with Gasteiger partial charge in [-0.1, -0.05) is 72.3 Å². The molecule has 1 aromatic heterocycles. The molecule has 2 nitrogen and oxygen atoms in total. The average Bonchev–Trinajstić information content (AvgIpc) is 2.94. The summed E-state index contributed by atoms with van der Waals surface area (Å²) in [7, 11) is 0. The number of para-hydroxylation sites is 1. The summed E-state index contributed by atoms with van der Waals surface area (Å²) in [6.45, 7) is 0. The van der Waals surface area contributed by atoms with Gasteiger partial charge in [0.05, 0.1) is 11.1 Å². The van der Waals surface area contributed by atoms with E-state index in [9.17, 15) is 4.79 Å². The van der Waals surface area contributed by atoms with Gasteiger partial charge in [0.25, 0.3) is 0 Å². The van der Waals surface area contributed by atoms with E-state index in [2.05, 4.69) is 24.3 Å². The number of aldehydes is 1. The molecule has 0 unspecified atom stereocenters. The SMILES string of the molecule is O=Cc1c(Cl)n(-c2ccc(-c3ccccc3)cc2)c2ccccc12. The normalized spacial score (nSPS) is 10.9. The molecule has 0 saturated carbocycles. The summed E-state index contributed by atoms with van der Waals surface area (Å²) in [5.41, 5.74) is 4.70. The Morgan fingerprint density at radius 3 is 2.08 bits per heavy atom. The molecule has 0 N–H and O–H groups in total. The molecule has 0 spiro atoms. The van der Waals surface area contributed by atoms with Crippen LogP contribution in [0.25, 0.3) is 27.7 Å². The van der Waals surface area contributed by atoms with Crippen LogP contribution in [0.5, 0.6) is 0 Å². The number of carbonyl (C=O) groups is 1. The number of nitrogens with zero attached hydrogens (tertiary/aromatic N) is 1. The van der Waals surface area contributed by atoms with Crippen LogP contribution in [-0.2, 0) is 0 Å². The standard InChI is InChI=1S/C21H14ClNO/c22-21-19(14-24)18-8-4-5-9-20(18)23(21)17-12-10-16(11-13-17)15-6-2-1-3-7-15/h1-14H. The van der Waals surface area contributed by atoms with Crippen molar-refractivity contribution in [1.82, 2.24) is 4.57 Å². The maximum atomic E-state index is 11.4. The van der Waals surface area contributed by atoms with Crippen LogP contribution < -0.4 is 0 Å². The fourth-order valence-corrected chi connectivity index (χ4v) is 3.37. The van der Waals surface area contributed by atoms with Gasteiger partial charge in [0.15, 0.2) is 6.29 Å². The molecule has 24 heavy (non-hydrogen) atoms. The number of rotatable bonds is 3. The summed E-state index contributed by atoms with van der Waals surface area (Å²) in [5, 5.41) is 1.31. The van der Waals surface area contributed by atoms with Crippen LogP contribution in [0.3, 0.4) is 0 Å². The highest BCUT2D eigenvalue weighted by molar-refractivity contribution is 6.34. The Bertz CT molecular complexity index is 1020. The van der Waals surface area contributed by atoms with Gasteiger partial charge in [-0.05, 0) is 29.3 Å². The highest BCUT2D eigenvalue weighted by Gasteiger charge is 2.15. The summed E-state index contributed by atoms with van der Waals surface area (Å²) in [4.78, 5) is 11.4. The van der Waals surface area contributed by atoms with E-state index in [4.69, 9.17) is 11.6 Å². The van der Waals surface area contributed by atoms with Crippen LogP contribution in [0, 0.1) is 0 Å². The predicted octanol–water partition coefficient (Wildman–Crippen LogP) is 5.76. The third kappa shape index (κ3) is 2.32. The highest BCUT2D eigenvalue weighted by Crippen LogP contribution is 2.32. The number of aromatic nitrogens is 1. The van der Waals surface area contributed by atoms with Crippen molar-refractivity contribution in [2.45, 2.75) is 0 Å². The van der Waals surface area contributed by atoms with Crippen molar-refractivity contribution in [1.29, 1.82) is 0 Å². The smallest absolute Gasteiger partial charge is 0.153 e. The molecule has 0 aliphatic carbocycles. The Kier molecular flexibility index (Phi) is 3.68.